The molecule has 1 unspecified atom stereocenters. The number of hydrogen-bond donors (Lipinski definition) is 2. The van der Waals surface area contributed by atoms with Gasteiger partial charge in [0.1, 0.15) is 0 Å². The Morgan fingerprint density at radius 3 is 2.45 bits per heavy atom. The minimum absolute atomic E-state index is 0.0950. The molecule has 0 radical (unpaired) electrons. The summed E-state index contributed by atoms with van der Waals surface area (Å²) in [7, 11) is 3.90. The van der Waals surface area contributed by atoms with Crippen LogP contribution in [0.2, 0.25) is 0 Å². The topological polar surface area (TPSA) is 24.1 Å². The maximum atomic E-state index is 5.25. The fourth-order valence-corrected chi connectivity index (χ4v) is 0.928. The van der Waals surface area contributed by atoms with Crippen LogP contribution in [-0.2, 0) is 0 Å². The minimum atomic E-state index is 0.0950. The van der Waals surface area contributed by atoms with Crippen LogP contribution >= 0.6 is 0 Å². The number of terminal acetylenes is 1. The smallest absolute Gasteiger partial charge is 0.0271 e. The van der Waals surface area contributed by atoms with E-state index < -0.39 is 0 Å². The van der Waals surface area contributed by atoms with Crippen LogP contribution in [0.3, 0.4) is 0 Å². The summed E-state index contributed by atoms with van der Waals surface area (Å²) in [5.74, 6) is 2.68. The summed E-state index contributed by atoms with van der Waals surface area (Å²) in [6, 6.07) is 0. The zero-order valence-corrected chi connectivity index (χ0v) is 7.70. The molecular formula is C9H18N2. The molecule has 0 saturated heterocycles. The summed E-state index contributed by atoms with van der Waals surface area (Å²) in [6.07, 6.45) is 7.09. The number of rotatable bonds is 5. The molecule has 0 aromatic rings. The average Bonchev–Trinajstić information content (AvgIpc) is 2.02. The molecule has 2 N–H and O–H groups in total. The molecule has 0 saturated carbocycles. The van der Waals surface area contributed by atoms with Gasteiger partial charge in [-0.3, -0.25) is 0 Å². The van der Waals surface area contributed by atoms with Gasteiger partial charge < -0.3 is 10.6 Å². The molecule has 11 heavy (non-hydrogen) atoms. The molecule has 64 valence electrons. The van der Waals surface area contributed by atoms with Crippen LogP contribution in [0.5, 0.6) is 0 Å². The van der Waals surface area contributed by atoms with Crippen molar-refractivity contribution in [1.29, 1.82) is 0 Å². The Labute approximate surface area is 69.8 Å². The lowest BCUT2D eigenvalue weighted by molar-refractivity contribution is 0.362. The molecule has 0 heterocycles. The molecule has 0 aromatic heterocycles. The Bertz CT molecular complexity index is 137. The van der Waals surface area contributed by atoms with Crippen LogP contribution in [-0.4, -0.2) is 26.2 Å². The van der Waals surface area contributed by atoms with Crippen molar-refractivity contribution < 1.29 is 0 Å². The van der Waals surface area contributed by atoms with E-state index in [-0.39, 0.29) is 5.54 Å². The van der Waals surface area contributed by atoms with E-state index in [0.29, 0.717) is 0 Å². The average molecular weight is 154 g/mol. The van der Waals surface area contributed by atoms with E-state index in [0.717, 1.165) is 19.4 Å². The van der Waals surface area contributed by atoms with Gasteiger partial charge >= 0.3 is 0 Å². The first-order valence-corrected chi connectivity index (χ1v) is 3.95. The lowest BCUT2D eigenvalue weighted by Crippen LogP contribution is -2.41. The number of hydrogen-bond acceptors (Lipinski definition) is 2. The second kappa shape index (κ2) is 5.17. The van der Waals surface area contributed by atoms with Crippen molar-refractivity contribution in [2.75, 3.05) is 20.6 Å². The van der Waals surface area contributed by atoms with Gasteiger partial charge in [0.15, 0.2) is 0 Å². The highest BCUT2D eigenvalue weighted by atomic mass is 14.9. The molecule has 0 fully saturated rings. The van der Waals surface area contributed by atoms with Crippen LogP contribution in [0, 0.1) is 12.3 Å². The third kappa shape index (κ3) is 4.02. The van der Waals surface area contributed by atoms with Crippen molar-refractivity contribution in [2.24, 2.45) is 0 Å². The molecule has 2 heteroatoms. The fourth-order valence-electron chi connectivity index (χ4n) is 0.928. The summed E-state index contributed by atoms with van der Waals surface area (Å²) in [4.78, 5) is 0. The molecule has 2 nitrogen and oxygen atoms in total. The van der Waals surface area contributed by atoms with Crippen molar-refractivity contribution >= 4 is 0 Å². The molecule has 0 aliphatic carbocycles. The Morgan fingerprint density at radius 2 is 2.09 bits per heavy atom. The minimum Gasteiger partial charge on any atom is -0.320 e. The molecule has 0 aliphatic heterocycles. The Hall–Kier alpha value is -0.520. The van der Waals surface area contributed by atoms with Gasteiger partial charge in [0.2, 0.25) is 0 Å². The highest BCUT2D eigenvalue weighted by Crippen LogP contribution is 2.11. The SMILES string of the molecule is C#CCC(C)(CCNC)NC. The van der Waals surface area contributed by atoms with Gasteiger partial charge in [-0.15, -0.1) is 12.3 Å². The van der Waals surface area contributed by atoms with E-state index in [1.54, 1.807) is 0 Å². The maximum Gasteiger partial charge on any atom is 0.0271 e. The third-order valence-corrected chi connectivity index (χ3v) is 2.02. The zero-order valence-electron chi connectivity index (χ0n) is 7.70. The van der Waals surface area contributed by atoms with Crippen molar-refractivity contribution in [2.45, 2.75) is 25.3 Å². The summed E-state index contributed by atoms with van der Waals surface area (Å²) in [5, 5.41) is 6.34. The molecule has 1 atom stereocenters. The summed E-state index contributed by atoms with van der Waals surface area (Å²) < 4.78 is 0. The van der Waals surface area contributed by atoms with Crippen LogP contribution in [0.25, 0.3) is 0 Å². The summed E-state index contributed by atoms with van der Waals surface area (Å²) in [6.45, 7) is 3.14. The first-order valence-electron chi connectivity index (χ1n) is 3.95. The Morgan fingerprint density at radius 1 is 1.45 bits per heavy atom. The largest absolute Gasteiger partial charge is 0.320 e. The van der Waals surface area contributed by atoms with Gasteiger partial charge in [0.25, 0.3) is 0 Å². The molecular weight excluding hydrogens is 136 g/mol. The van der Waals surface area contributed by atoms with Crippen LogP contribution in [0.4, 0.5) is 0 Å². The number of nitrogens with one attached hydrogen (secondary N) is 2. The van der Waals surface area contributed by atoms with Gasteiger partial charge in [-0.25, -0.2) is 0 Å². The van der Waals surface area contributed by atoms with E-state index in [2.05, 4.69) is 23.5 Å². The van der Waals surface area contributed by atoms with E-state index in [1.807, 2.05) is 14.1 Å². The molecule has 0 spiro atoms. The van der Waals surface area contributed by atoms with Crippen LogP contribution in [0.15, 0.2) is 0 Å². The van der Waals surface area contributed by atoms with Crippen molar-refractivity contribution in [3.8, 4) is 12.3 Å². The first-order chi connectivity index (χ1) is 5.18. The van der Waals surface area contributed by atoms with Crippen molar-refractivity contribution in [1.82, 2.24) is 10.6 Å². The predicted octanol–water partition coefficient (Wildman–Crippen LogP) is 0.597. The van der Waals surface area contributed by atoms with Gasteiger partial charge in [-0.2, -0.15) is 0 Å². The lowest BCUT2D eigenvalue weighted by Gasteiger charge is -2.26. The zero-order chi connectivity index (χ0) is 8.74. The summed E-state index contributed by atoms with van der Waals surface area (Å²) in [5.41, 5.74) is 0.0950. The predicted molar refractivity (Wildman–Crippen MR) is 49.5 cm³/mol. The van der Waals surface area contributed by atoms with E-state index in [4.69, 9.17) is 6.42 Å². The van der Waals surface area contributed by atoms with Crippen molar-refractivity contribution in [3.05, 3.63) is 0 Å². The van der Waals surface area contributed by atoms with Crippen molar-refractivity contribution in [3.63, 3.8) is 0 Å². The van der Waals surface area contributed by atoms with Crippen LogP contribution in [0.1, 0.15) is 19.8 Å². The van der Waals surface area contributed by atoms with E-state index >= 15 is 0 Å². The molecule has 0 amide bonds. The molecule has 0 rings (SSSR count). The standard InChI is InChI=1S/C9H18N2/c1-5-6-9(2,11-4)7-8-10-3/h1,10-11H,6-8H2,2-4H3. The van der Waals surface area contributed by atoms with Gasteiger partial charge in [0.05, 0.1) is 0 Å². The Kier molecular flexibility index (Phi) is 4.93. The molecule has 0 aliphatic rings. The van der Waals surface area contributed by atoms with Crippen LogP contribution < -0.4 is 10.6 Å². The highest BCUT2D eigenvalue weighted by Gasteiger charge is 2.18. The van der Waals surface area contributed by atoms with Gasteiger partial charge in [0, 0.05) is 12.0 Å². The molecule has 0 bridgehead atoms. The molecule has 0 aromatic carbocycles. The first kappa shape index (κ1) is 10.5. The highest BCUT2D eigenvalue weighted by molar-refractivity contribution is 4.97. The second-order valence-corrected chi connectivity index (χ2v) is 3.05. The van der Waals surface area contributed by atoms with Gasteiger partial charge in [-0.1, -0.05) is 0 Å². The second-order valence-electron chi connectivity index (χ2n) is 3.05. The monoisotopic (exact) mass is 154 g/mol. The fraction of sp³-hybridized carbons (Fsp3) is 0.778. The van der Waals surface area contributed by atoms with E-state index in [9.17, 15) is 0 Å². The normalized spacial score (nSPS) is 15.5. The Balaban J connectivity index is 3.80. The van der Waals surface area contributed by atoms with Gasteiger partial charge in [-0.05, 0) is 34.0 Å². The lowest BCUT2D eigenvalue weighted by atomic mass is 9.94. The maximum absolute atomic E-state index is 5.25. The summed E-state index contributed by atoms with van der Waals surface area (Å²) >= 11 is 0. The van der Waals surface area contributed by atoms with E-state index in [1.165, 1.54) is 0 Å². The third-order valence-electron chi connectivity index (χ3n) is 2.02. The quantitative estimate of drug-likeness (QED) is 0.567.